The molecule has 2 aliphatic carbocycles. The summed E-state index contributed by atoms with van der Waals surface area (Å²) in [5, 5.41) is 0. The molecule has 0 radical (unpaired) electrons. The molecule has 0 spiro atoms. The molecule has 2 bridgehead atoms. The van der Waals surface area contributed by atoms with Gasteiger partial charge in [-0.15, -0.1) is 0 Å². The first-order valence-corrected chi connectivity index (χ1v) is 5.79. The van der Waals surface area contributed by atoms with E-state index >= 15 is 0 Å². The Labute approximate surface area is 154 Å². The lowest BCUT2D eigenvalue weighted by Crippen LogP contribution is -2.59. The van der Waals surface area contributed by atoms with Crippen molar-refractivity contribution in [3.05, 3.63) is 29.3 Å². The van der Waals surface area contributed by atoms with E-state index in [1.807, 2.05) is 0 Å². The lowest BCUT2D eigenvalue weighted by atomic mass is 9.52. The average molecular weight is 295 g/mol. The number of nitrogens with zero attached hydrogens (tertiary/aromatic N) is 1. The highest BCUT2D eigenvalue weighted by Gasteiger charge is 2.53. The van der Waals surface area contributed by atoms with Gasteiger partial charge in [-0.25, -0.2) is 0 Å². The molecule has 2 nitrogen and oxygen atoms in total. The molecule has 0 N–H and O–H groups in total. The molecule has 4 rings (SSSR count). The number of hydrogen-bond acceptors (Lipinski definition) is 2. The van der Waals surface area contributed by atoms with Gasteiger partial charge < -0.3 is 9.64 Å². The largest absolute Gasteiger partial charge is 0.497 e. The van der Waals surface area contributed by atoms with E-state index in [2.05, 4.69) is 4.74 Å². The van der Waals surface area contributed by atoms with E-state index in [4.69, 9.17) is 28.8 Å². The monoisotopic (exact) mass is 294 g/mol. The summed E-state index contributed by atoms with van der Waals surface area (Å²) >= 11 is 0. The fraction of sp³-hybridized carbons (Fsp3) is 0.667. The lowest BCUT2D eigenvalue weighted by Gasteiger charge is -2.58. The second kappa shape index (κ2) is 4.49. The van der Waals surface area contributed by atoms with Crippen LogP contribution in [0.3, 0.4) is 0 Å². The van der Waals surface area contributed by atoms with Crippen LogP contribution in [-0.2, 0) is 11.8 Å². The van der Waals surface area contributed by atoms with Gasteiger partial charge in [0.05, 0.1) is 15.3 Å². The van der Waals surface area contributed by atoms with Crippen LogP contribution in [0.5, 0.6) is 5.75 Å². The summed E-state index contributed by atoms with van der Waals surface area (Å²) in [6, 6.07) is -7.66. The Bertz CT molecular complexity index is 1390. The van der Waals surface area contributed by atoms with Crippen molar-refractivity contribution in [3.63, 3.8) is 0 Å². The van der Waals surface area contributed by atoms with E-state index in [0.29, 0.717) is 0 Å². The van der Waals surface area contributed by atoms with Crippen molar-refractivity contribution in [1.82, 2.24) is 4.90 Å². The van der Waals surface area contributed by atoms with Crippen LogP contribution in [0.1, 0.15) is 74.5 Å². The predicted octanol–water partition coefficient (Wildman–Crippen LogP) is 3.38. The Morgan fingerprint density at radius 1 is 1.50 bits per heavy atom. The van der Waals surface area contributed by atoms with Crippen LogP contribution >= 0.6 is 0 Å². The molecule has 20 heavy (non-hydrogen) atoms. The molecule has 1 saturated carbocycles. The average Bonchev–Trinajstić information content (AvgIpc) is 2.77. The zero-order valence-electron chi connectivity index (χ0n) is 33.1. The summed E-state index contributed by atoms with van der Waals surface area (Å²) in [4.78, 5) is -0.536. The fourth-order valence-electron chi connectivity index (χ4n) is 2.58. The Morgan fingerprint density at radius 3 is 3.40 bits per heavy atom. The summed E-state index contributed by atoms with van der Waals surface area (Å²) in [6.45, 7) is -8.06. The van der Waals surface area contributed by atoms with Crippen molar-refractivity contribution in [2.45, 2.75) is 49.7 Å². The fourth-order valence-corrected chi connectivity index (χ4v) is 2.58. The smallest absolute Gasteiger partial charge is 0.119 e. The van der Waals surface area contributed by atoms with Crippen molar-refractivity contribution < 1.29 is 36.3 Å². The SMILES string of the molecule is [2H]c1c([2H])c(OC([2H])([2H])[2H])c([2H])c2c1C[C@]1([2H])N(C([2H])([2H])[2H])C([2H])([2H])C([2H])([2H])[C@]23C([2H])([2H])C([2H])([2H])C([2H])([2H])C([2H])([2H])[C@@]31[2H]. The molecular weight excluding hydrogens is 246 g/mol. The first-order valence-electron chi connectivity index (χ1n) is 17.3. The molecule has 1 heterocycles. The van der Waals surface area contributed by atoms with Crippen LogP contribution in [0.4, 0.5) is 0 Å². The zero-order chi connectivity index (χ0) is 34.0. The first kappa shape index (κ1) is 3.03. The topological polar surface area (TPSA) is 12.5 Å². The van der Waals surface area contributed by atoms with Gasteiger partial charge in [-0.05, 0) is 68.1 Å². The first-order chi connectivity index (χ1) is 18.7. The van der Waals surface area contributed by atoms with E-state index in [9.17, 15) is 2.74 Å². The quantitative estimate of drug-likeness (QED) is 0.787. The Morgan fingerprint density at radius 2 is 2.50 bits per heavy atom. The van der Waals surface area contributed by atoms with Gasteiger partial charge in [0, 0.05) is 34.7 Å². The van der Waals surface area contributed by atoms with E-state index in [0.717, 1.165) is 0 Å². The number of rotatable bonds is 1. The number of methoxy groups -OCH3 is 1. The second-order valence-electron chi connectivity index (χ2n) is 4.48. The number of ether oxygens (including phenoxy) is 1. The molecular formula is C18H25NO. The standard InChI is InChI=1S/C18H25NO/c1-19-10-9-18-8-4-3-5-15(18)17(19)11-13-6-7-14(20-2)12-16(13)18/h6-7,12,15,17H,3-5,8-11H2,1-2H3/t15-,17+,18+/m1/s1/i1D3,2D3,3D2,4D2,5D2,6D,7D,8D2,9D2,10D2,12D,15D,17D. The van der Waals surface area contributed by atoms with E-state index in [1.54, 1.807) is 0 Å². The molecule has 0 unspecified atom stereocenters. The number of fused-ring (bicyclic) bond motifs is 1. The van der Waals surface area contributed by atoms with Crippen molar-refractivity contribution in [2.75, 3.05) is 20.5 Å². The van der Waals surface area contributed by atoms with Gasteiger partial charge in [-0.1, -0.05) is 18.8 Å². The molecule has 108 valence electrons. The van der Waals surface area contributed by atoms with Crippen molar-refractivity contribution >= 4 is 0 Å². The maximum Gasteiger partial charge on any atom is 0.119 e. The Kier molecular flexibility index (Phi) is 0.681. The van der Waals surface area contributed by atoms with Gasteiger partial charge >= 0.3 is 0 Å². The Balaban J connectivity index is 2.49. The number of likely N-dealkylation sites (tertiary alicyclic amines) is 1. The molecule has 1 aromatic carbocycles. The minimum atomic E-state index is -4.38. The van der Waals surface area contributed by atoms with Crippen LogP contribution in [0.15, 0.2) is 18.1 Å². The maximum atomic E-state index is 9.56. The molecule has 0 aromatic heterocycles. The van der Waals surface area contributed by atoms with Gasteiger partial charge in [0.15, 0.2) is 0 Å². The molecule has 2 fully saturated rings. The third-order valence-electron chi connectivity index (χ3n) is 3.48. The molecule has 0 amide bonds. The number of benzene rings is 1. The van der Waals surface area contributed by atoms with Gasteiger partial charge in [0.1, 0.15) is 5.75 Å². The minimum absolute atomic E-state index is 0.536. The zero-order valence-corrected chi connectivity index (χ0v) is 10.1. The van der Waals surface area contributed by atoms with Crippen molar-refractivity contribution in [2.24, 2.45) is 5.89 Å². The number of hydrogen-bond donors (Lipinski definition) is 0. The van der Waals surface area contributed by atoms with Crippen LogP contribution in [0.2, 0.25) is 0 Å². The van der Waals surface area contributed by atoms with Gasteiger partial charge in [0.25, 0.3) is 0 Å². The number of likely N-dealkylation sites (N-methyl/N-ethyl adjacent to an activating group) is 1. The molecule has 1 aliphatic heterocycles. The minimum Gasteiger partial charge on any atom is -0.497 e. The van der Waals surface area contributed by atoms with Crippen LogP contribution in [0.25, 0.3) is 0 Å². The predicted molar refractivity (Wildman–Crippen MR) is 81.4 cm³/mol. The van der Waals surface area contributed by atoms with Gasteiger partial charge in [-0.3, -0.25) is 0 Å². The van der Waals surface area contributed by atoms with Crippen LogP contribution in [0, 0.1) is 5.89 Å². The van der Waals surface area contributed by atoms with Crippen LogP contribution < -0.4 is 4.74 Å². The third kappa shape index (κ3) is 1.60. The van der Waals surface area contributed by atoms with E-state index < -0.39 is 116 Å². The third-order valence-corrected chi connectivity index (χ3v) is 3.48. The highest BCUT2D eigenvalue weighted by atomic mass is 16.5. The Hall–Kier alpha value is -1.02. The molecule has 1 aromatic rings. The van der Waals surface area contributed by atoms with Crippen molar-refractivity contribution in [1.29, 1.82) is 0 Å². The summed E-state index contributed by atoms with van der Waals surface area (Å²) < 4.78 is 201. The molecule has 3 atom stereocenters. The lowest BCUT2D eigenvalue weighted by molar-refractivity contribution is 0.00274. The summed E-state index contributed by atoms with van der Waals surface area (Å²) in [6.07, 6.45) is -22.9. The number of piperidine rings is 1. The summed E-state index contributed by atoms with van der Waals surface area (Å²) in [5.41, 5.74) is -6.59. The molecule has 2 heteroatoms. The normalized spacial score (nSPS) is 76.7. The highest BCUT2D eigenvalue weighted by molar-refractivity contribution is 5.45. The van der Waals surface area contributed by atoms with Crippen molar-refractivity contribution in [3.8, 4) is 5.75 Å². The van der Waals surface area contributed by atoms with E-state index in [1.165, 1.54) is 0 Å². The maximum absolute atomic E-state index is 9.56. The van der Waals surface area contributed by atoms with Gasteiger partial charge in [-0.2, -0.15) is 0 Å². The highest BCUT2D eigenvalue weighted by Crippen LogP contribution is 2.55. The second-order valence-corrected chi connectivity index (χ2v) is 4.48. The molecule has 3 aliphatic rings. The van der Waals surface area contributed by atoms with Crippen LogP contribution in [-0.4, -0.2) is 31.4 Å². The summed E-state index contributed by atoms with van der Waals surface area (Å²) in [7, 11) is -3.47. The van der Waals surface area contributed by atoms with Gasteiger partial charge in [0.2, 0.25) is 0 Å². The summed E-state index contributed by atoms with van der Waals surface area (Å²) in [5.74, 6) is -5.57. The molecule has 1 saturated heterocycles. The van der Waals surface area contributed by atoms with E-state index in [-0.39, 0.29) is 0 Å².